The molecule has 0 radical (unpaired) electrons. The SMILES string of the molecule is CCCCN1CCN(c2ccc(N3CCC(N(C)C)CC3)cc2C2CCC(C(C)(C)C)CC2)CC1. The summed E-state index contributed by atoms with van der Waals surface area (Å²) < 4.78 is 0. The van der Waals surface area contributed by atoms with Crippen molar-refractivity contribution in [1.82, 2.24) is 9.80 Å². The van der Waals surface area contributed by atoms with Crippen LogP contribution in [0.5, 0.6) is 0 Å². The first-order valence-corrected chi connectivity index (χ1v) is 14.8. The third-order valence-corrected chi connectivity index (χ3v) is 9.50. The van der Waals surface area contributed by atoms with Gasteiger partial charge in [-0.15, -0.1) is 0 Å². The van der Waals surface area contributed by atoms with Gasteiger partial charge >= 0.3 is 0 Å². The molecule has 0 bridgehead atoms. The van der Waals surface area contributed by atoms with Crippen molar-refractivity contribution in [2.75, 3.05) is 69.7 Å². The Morgan fingerprint density at radius 1 is 0.829 bits per heavy atom. The van der Waals surface area contributed by atoms with Gasteiger partial charge in [0, 0.05) is 56.7 Å². The lowest BCUT2D eigenvalue weighted by atomic mass is 9.68. The highest BCUT2D eigenvalue weighted by Gasteiger charge is 2.32. The summed E-state index contributed by atoms with van der Waals surface area (Å²) in [6, 6.07) is 8.30. The number of unbranched alkanes of at least 4 members (excludes halogenated alkanes) is 1. The van der Waals surface area contributed by atoms with E-state index >= 15 is 0 Å². The van der Waals surface area contributed by atoms with Crippen LogP contribution >= 0.6 is 0 Å². The van der Waals surface area contributed by atoms with E-state index in [1.165, 1.54) is 103 Å². The largest absolute Gasteiger partial charge is 0.371 e. The molecule has 3 aliphatic rings. The summed E-state index contributed by atoms with van der Waals surface area (Å²) in [6.07, 6.45) is 10.7. The molecule has 0 unspecified atom stereocenters. The van der Waals surface area contributed by atoms with E-state index in [1.807, 2.05) is 0 Å². The molecular formula is C31H54N4. The smallest absolute Gasteiger partial charge is 0.0404 e. The zero-order valence-corrected chi connectivity index (χ0v) is 23.9. The molecule has 1 aliphatic carbocycles. The molecule has 4 heteroatoms. The molecule has 2 aliphatic heterocycles. The Hall–Kier alpha value is -1.26. The fraction of sp³-hybridized carbons (Fsp3) is 0.806. The number of benzene rings is 1. The molecule has 35 heavy (non-hydrogen) atoms. The molecule has 2 saturated heterocycles. The van der Waals surface area contributed by atoms with Gasteiger partial charge in [0.25, 0.3) is 0 Å². The first-order chi connectivity index (χ1) is 16.8. The fourth-order valence-corrected chi connectivity index (χ4v) is 6.86. The van der Waals surface area contributed by atoms with E-state index in [9.17, 15) is 0 Å². The standard InChI is InChI=1S/C31H54N4/c1-7-8-17-33-20-22-35(23-21-33)30-14-13-28(34-18-15-27(16-19-34)32(5)6)24-29(30)25-9-11-26(12-10-25)31(2,3)4/h13-14,24-27H,7-12,15-23H2,1-6H3. The molecule has 0 N–H and O–H groups in total. The highest BCUT2D eigenvalue weighted by molar-refractivity contribution is 5.63. The Morgan fingerprint density at radius 2 is 1.49 bits per heavy atom. The number of piperazine rings is 1. The van der Waals surface area contributed by atoms with E-state index < -0.39 is 0 Å². The molecule has 0 spiro atoms. The van der Waals surface area contributed by atoms with Gasteiger partial charge in [-0.2, -0.15) is 0 Å². The molecule has 198 valence electrons. The zero-order valence-electron chi connectivity index (χ0n) is 23.9. The Morgan fingerprint density at radius 3 is 2.06 bits per heavy atom. The highest BCUT2D eigenvalue weighted by atomic mass is 15.3. The summed E-state index contributed by atoms with van der Waals surface area (Å²) >= 11 is 0. The molecule has 3 fully saturated rings. The van der Waals surface area contributed by atoms with Crippen molar-refractivity contribution in [3.63, 3.8) is 0 Å². The predicted octanol–water partition coefficient (Wildman–Crippen LogP) is 6.46. The van der Waals surface area contributed by atoms with Crippen molar-refractivity contribution in [2.24, 2.45) is 11.3 Å². The van der Waals surface area contributed by atoms with Crippen LogP contribution in [0.15, 0.2) is 18.2 Å². The molecule has 1 aromatic rings. The summed E-state index contributed by atoms with van der Waals surface area (Å²) in [5, 5.41) is 0. The van der Waals surface area contributed by atoms with Crippen LogP contribution in [-0.2, 0) is 0 Å². The predicted molar refractivity (Wildman–Crippen MR) is 153 cm³/mol. The summed E-state index contributed by atoms with van der Waals surface area (Å²) in [5.41, 5.74) is 5.12. The minimum Gasteiger partial charge on any atom is -0.371 e. The van der Waals surface area contributed by atoms with Gasteiger partial charge in [0.15, 0.2) is 0 Å². The van der Waals surface area contributed by atoms with E-state index in [0.717, 1.165) is 17.9 Å². The van der Waals surface area contributed by atoms with Crippen LogP contribution in [-0.4, -0.2) is 75.8 Å². The fourth-order valence-electron chi connectivity index (χ4n) is 6.86. The maximum absolute atomic E-state index is 2.72. The van der Waals surface area contributed by atoms with Crippen molar-refractivity contribution < 1.29 is 0 Å². The Labute approximate surface area is 217 Å². The topological polar surface area (TPSA) is 13.0 Å². The van der Waals surface area contributed by atoms with Gasteiger partial charge in [-0.3, -0.25) is 4.90 Å². The molecule has 4 nitrogen and oxygen atoms in total. The van der Waals surface area contributed by atoms with Gasteiger partial charge in [0.05, 0.1) is 0 Å². The highest BCUT2D eigenvalue weighted by Crippen LogP contribution is 2.46. The summed E-state index contributed by atoms with van der Waals surface area (Å²) in [5.74, 6) is 1.60. The molecule has 1 saturated carbocycles. The molecule has 0 atom stereocenters. The second-order valence-electron chi connectivity index (χ2n) is 13.0. The van der Waals surface area contributed by atoms with Crippen LogP contribution < -0.4 is 9.80 Å². The average Bonchev–Trinajstić information content (AvgIpc) is 2.87. The number of piperidine rings is 1. The van der Waals surface area contributed by atoms with Gasteiger partial charge in [-0.1, -0.05) is 34.1 Å². The number of nitrogens with zero attached hydrogens (tertiary/aromatic N) is 4. The summed E-state index contributed by atoms with van der Waals surface area (Å²) in [6.45, 7) is 18.1. The molecule has 2 heterocycles. The molecule has 1 aromatic carbocycles. The quantitative estimate of drug-likeness (QED) is 0.442. The number of hydrogen-bond acceptors (Lipinski definition) is 4. The minimum atomic E-state index is 0.446. The third kappa shape index (κ3) is 6.74. The van der Waals surface area contributed by atoms with Crippen molar-refractivity contribution in [2.45, 2.75) is 91.0 Å². The molecule has 0 aromatic heterocycles. The van der Waals surface area contributed by atoms with E-state index in [-0.39, 0.29) is 0 Å². The maximum atomic E-state index is 2.72. The molecule has 4 rings (SSSR count). The van der Waals surface area contributed by atoms with Crippen LogP contribution in [0.25, 0.3) is 0 Å². The van der Waals surface area contributed by atoms with Crippen molar-refractivity contribution in [3.8, 4) is 0 Å². The van der Waals surface area contributed by atoms with Crippen LogP contribution in [0.2, 0.25) is 0 Å². The van der Waals surface area contributed by atoms with Gasteiger partial charge in [0.2, 0.25) is 0 Å². The Kier molecular flexibility index (Phi) is 9.08. The lowest BCUT2D eigenvalue weighted by molar-refractivity contribution is 0.169. The Balaban J connectivity index is 1.51. The lowest BCUT2D eigenvalue weighted by Crippen LogP contribution is -2.47. The summed E-state index contributed by atoms with van der Waals surface area (Å²) in [7, 11) is 4.48. The maximum Gasteiger partial charge on any atom is 0.0404 e. The second-order valence-corrected chi connectivity index (χ2v) is 13.0. The minimum absolute atomic E-state index is 0.446. The van der Waals surface area contributed by atoms with Crippen LogP contribution in [0.4, 0.5) is 11.4 Å². The van der Waals surface area contributed by atoms with Crippen LogP contribution in [0.3, 0.4) is 0 Å². The van der Waals surface area contributed by atoms with E-state index in [0.29, 0.717) is 5.41 Å². The zero-order chi connectivity index (χ0) is 25.0. The number of hydrogen-bond donors (Lipinski definition) is 0. The summed E-state index contributed by atoms with van der Waals surface area (Å²) in [4.78, 5) is 10.5. The number of anilines is 2. The molecule has 0 amide bonds. The third-order valence-electron chi connectivity index (χ3n) is 9.50. The molecular weight excluding hydrogens is 428 g/mol. The lowest BCUT2D eigenvalue weighted by Gasteiger charge is -2.41. The van der Waals surface area contributed by atoms with Crippen molar-refractivity contribution in [3.05, 3.63) is 23.8 Å². The van der Waals surface area contributed by atoms with Gasteiger partial charge in [0.1, 0.15) is 0 Å². The first-order valence-electron chi connectivity index (χ1n) is 14.8. The van der Waals surface area contributed by atoms with E-state index in [2.05, 4.69) is 79.6 Å². The Bertz CT molecular complexity index is 774. The van der Waals surface area contributed by atoms with E-state index in [4.69, 9.17) is 0 Å². The second kappa shape index (κ2) is 11.9. The van der Waals surface area contributed by atoms with E-state index in [1.54, 1.807) is 11.3 Å². The normalized spacial score (nSPS) is 25.5. The average molecular weight is 483 g/mol. The van der Waals surface area contributed by atoms with Crippen LogP contribution in [0.1, 0.15) is 90.5 Å². The van der Waals surface area contributed by atoms with Gasteiger partial charge < -0.3 is 14.7 Å². The van der Waals surface area contributed by atoms with Gasteiger partial charge in [-0.25, -0.2) is 0 Å². The monoisotopic (exact) mass is 482 g/mol. The van der Waals surface area contributed by atoms with Crippen molar-refractivity contribution in [1.29, 1.82) is 0 Å². The first kappa shape index (κ1) is 26.8. The van der Waals surface area contributed by atoms with Crippen molar-refractivity contribution >= 4 is 11.4 Å². The number of rotatable bonds is 7. The van der Waals surface area contributed by atoms with Crippen LogP contribution in [0, 0.1) is 11.3 Å². The van der Waals surface area contributed by atoms with Gasteiger partial charge in [-0.05, 0) is 107 Å².